The SMILES string of the molecule is CCC1CC2NNC1CC2CC1OC1CC. The maximum absolute atomic E-state index is 5.68. The molecule has 3 saturated heterocycles. The van der Waals surface area contributed by atoms with Gasteiger partial charge in [-0.05, 0) is 37.5 Å². The van der Waals surface area contributed by atoms with Gasteiger partial charge in [-0.2, -0.15) is 0 Å². The topological polar surface area (TPSA) is 36.6 Å². The minimum Gasteiger partial charge on any atom is -0.370 e. The fraction of sp³-hybridized carbons (Fsp3) is 1.00. The van der Waals surface area contributed by atoms with Crippen molar-refractivity contribution in [3.05, 3.63) is 0 Å². The molecular weight excluding hydrogens is 200 g/mol. The molecule has 1 saturated carbocycles. The smallest absolute Gasteiger partial charge is 0.0845 e. The third kappa shape index (κ3) is 1.89. The molecule has 0 amide bonds. The van der Waals surface area contributed by atoms with Crippen LogP contribution in [0.15, 0.2) is 0 Å². The predicted molar refractivity (Wildman–Crippen MR) is 63.9 cm³/mol. The van der Waals surface area contributed by atoms with Crippen LogP contribution in [0.2, 0.25) is 0 Å². The van der Waals surface area contributed by atoms with Gasteiger partial charge in [0.1, 0.15) is 0 Å². The van der Waals surface area contributed by atoms with Crippen LogP contribution < -0.4 is 10.9 Å². The summed E-state index contributed by atoms with van der Waals surface area (Å²) in [7, 11) is 0. The van der Waals surface area contributed by atoms with E-state index in [2.05, 4.69) is 24.7 Å². The Bertz CT molecular complexity index is 256. The summed E-state index contributed by atoms with van der Waals surface area (Å²) < 4.78 is 5.68. The van der Waals surface area contributed by atoms with Crippen molar-refractivity contribution >= 4 is 0 Å². The first-order valence-electron chi connectivity index (χ1n) is 6.98. The summed E-state index contributed by atoms with van der Waals surface area (Å²) >= 11 is 0. The standard InChI is InChI=1S/C13H24N2O/c1-3-8-5-11-9(6-10(8)14-15-11)7-13-12(4-2)16-13/h8-15H,3-7H2,1-2H3. The van der Waals surface area contributed by atoms with Crippen molar-refractivity contribution in [1.29, 1.82) is 0 Å². The van der Waals surface area contributed by atoms with Crippen LogP contribution in [0.3, 0.4) is 0 Å². The quantitative estimate of drug-likeness (QED) is 0.715. The third-order valence-corrected chi connectivity index (χ3v) is 4.86. The summed E-state index contributed by atoms with van der Waals surface area (Å²) in [6.07, 6.45) is 7.67. The van der Waals surface area contributed by atoms with E-state index in [0.717, 1.165) is 11.8 Å². The van der Waals surface area contributed by atoms with Gasteiger partial charge in [-0.25, -0.2) is 0 Å². The highest BCUT2D eigenvalue weighted by Crippen LogP contribution is 2.40. The van der Waals surface area contributed by atoms with Crippen LogP contribution in [-0.4, -0.2) is 24.3 Å². The zero-order valence-electron chi connectivity index (χ0n) is 10.4. The second kappa shape index (κ2) is 4.28. The number of nitrogens with one attached hydrogen (secondary N) is 2. The van der Waals surface area contributed by atoms with E-state index in [1.807, 2.05) is 0 Å². The Morgan fingerprint density at radius 1 is 0.938 bits per heavy atom. The predicted octanol–water partition coefficient (Wildman–Crippen LogP) is 1.84. The van der Waals surface area contributed by atoms with Gasteiger partial charge in [0.2, 0.25) is 0 Å². The van der Waals surface area contributed by atoms with Crippen molar-refractivity contribution in [2.24, 2.45) is 11.8 Å². The van der Waals surface area contributed by atoms with Gasteiger partial charge in [0.15, 0.2) is 0 Å². The summed E-state index contributed by atoms with van der Waals surface area (Å²) in [5.41, 5.74) is 6.97. The van der Waals surface area contributed by atoms with Crippen LogP contribution in [0.5, 0.6) is 0 Å². The van der Waals surface area contributed by atoms with Crippen molar-refractivity contribution in [3.63, 3.8) is 0 Å². The summed E-state index contributed by atoms with van der Waals surface area (Å²) in [5.74, 6) is 1.74. The molecule has 3 heterocycles. The minimum atomic E-state index is 0.579. The molecule has 6 unspecified atom stereocenters. The summed E-state index contributed by atoms with van der Waals surface area (Å²) in [6, 6.07) is 1.40. The molecule has 0 aromatic carbocycles. The summed E-state index contributed by atoms with van der Waals surface area (Å²) in [4.78, 5) is 0. The Morgan fingerprint density at radius 2 is 1.62 bits per heavy atom. The zero-order valence-corrected chi connectivity index (χ0v) is 10.4. The number of rotatable bonds is 4. The Labute approximate surface area is 98.3 Å². The Balaban J connectivity index is 1.55. The zero-order chi connectivity index (χ0) is 11.1. The highest BCUT2D eigenvalue weighted by atomic mass is 16.6. The Hall–Kier alpha value is -0.120. The van der Waals surface area contributed by atoms with E-state index >= 15 is 0 Å². The van der Waals surface area contributed by atoms with E-state index < -0.39 is 0 Å². The molecule has 4 rings (SSSR count). The fourth-order valence-corrected chi connectivity index (χ4v) is 3.69. The second-order valence-corrected chi connectivity index (χ2v) is 5.76. The van der Waals surface area contributed by atoms with E-state index in [9.17, 15) is 0 Å². The Kier molecular flexibility index (Phi) is 2.94. The minimum absolute atomic E-state index is 0.579. The monoisotopic (exact) mass is 224 g/mol. The molecule has 0 spiro atoms. The van der Waals surface area contributed by atoms with Gasteiger partial charge in [0.25, 0.3) is 0 Å². The number of hydrazine groups is 1. The van der Waals surface area contributed by atoms with Crippen LogP contribution >= 0.6 is 0 Å². The average Bonchev–Trinajstić information content (AvgIpc) is 3.08. The molecule has 3 nitrogen and oxygen atoms in total. The molecular formula is C13H24N2O. The lowest BCUT2D eigenvalue weighted by molar-refractivity contribution is 0.0590. The van der Waals surface area contributed by atoms with Gasteiger partial charge < -0.3 is 4.74 Å². The van der Waals surface area contributed by atoms with Crippen molar-refractivity contribution in [2.75, 3.05) is 0 Å². The lowest BCUT2D eigenvalue weighted by Gasteiger charge is -2.48. The van der Waals surface area contributed by atoms with Crippen LogP contribution in [-0.2, 0) is 4.74 Å². The summed E-state index contributed by atoms with van der Waals surface area (Å²) in [5, 5.41) is 0. The number of hydrogen-bond donors (Lipinski definition) is 2. The molecule has 4 aliphatic rings. The lowest BCUT2D eigenvalue weighted by atomic mass is 9.71. The number of hydrogen-bond acceptors (Lipinski definition) is 3. The molecule has 0 aromatic heterocycles. The summed E-state index contributed by atoms with van der Waals surface area (Å²) in [6.45, 7) is 4.55. The maximum Gasteiger partial charge on any atom is 0.0845 e. The van der Waals surface area contributed by atoms with Crippen molar-refractivity contribution in [1.82, 2.24) is 10.9 Å². The van der Waals surface area contributed by atoms with Crippen molar-refractivity contribution in [2.45, 2.75) is 70.2 Å². The molecule has 6 atom stereocenters. The molecule has 92 valence electrons. The normalized spacial score (nSPS) is 50.6. The van der Waals surface area contributed by atoms with Crippen LogP contribution in [0.1, 0.15) is 46.0 Å². The Morgan fingerprint density at radius 3 is 2.12 bits per heavy atom. The second-order valence-electron chi connectivity index (χ2n) is 5.76. The van der Waals surface area contributed by atoms with Gasteiger partial charge in [0.05, 0.1) is 12.2 Å². The van der Waals surface area contributed by atoms with E-state index in [1.54, 1.807) is 0 Å². The largest absolute Gasteiger partial charge is 0.370 e. The molecule has 3 heteroatoms. The molecule has 2 N–H and O–H groups in total. The molecule has 16 heavy (non-hydrogen) atoms. The van der Waals surface area contributed by atoms with Crippen LogP contribution in [0, 0.1) is 11.8 Å². The molecule has 1 aliphatic carbocycles. The van der Waals surface area contributed by atoms with Gasteiger partial charge >= 0.3 is 0 Å². The number of fused-ring (bicyclic) bond motifs is 3. The van der Waals surface area contributed by atoms with E-state index in [-0.39, 0.29) is 0 Å². The number of ether oxygens (including phenoxy) is 1. The highest BCUT2D eigenvalue weighted by molar-refractivity contribution is 4.99. The molecule has 2 bridgehead atoms. The molecule has 4 fully saturated rings. The maximum atomic E-state index is 5.68. The first-order valence-corrected chi connectivity index (χ1v) is 6.98. The molecule has 3 aliphatic heterocycles. The van der Waals surface area contributed by atoms with Crippen molar-refractivity contribution in [3.8, 4) is 0 Å². The van der Waals surface area contributed by atoms with E-state index in [4.69, 9.17) is 4.74 Å². The average molecular weight is 224 g/mol. The van der Waals surface area contributed by atoms with E-state index in [1.165, 1.54) is 32.1 Å². The first-order chi connectivity index (χ1) is 7.81. The first kappa shape index (κ1) is 11.0. The van der Waals surface area contributed by atoms with Gasteiger partial charge in [-0.1, -0.05) is 20.3 Å². The molecule has 0 radical (unpaired) electrons. The van der Waals surface area contributed by atoms with E-state index in [0.29, 0.717) is 24.3 Å². The third-order valence-electron chi connectivity index (χ3n) is 4.86. The van der Waals surface area contributed by atoms with Gasteiger partial charge in [-0.15, -0.1) is 0 Å². The van der Waals surface area contributed by atoms with Crippen LogP contribution in [0.4, 0.5) is 0 Å². The van der Waals surface area contributed by atoms with Gasteiger partial charge in [-0.3, -0.25) is 10.9 Å². The molecule has 0 aromatic rings. The van der Waals surface area contributed by atoms with Crippen molar-refractivity contribution < 1.29 is 4.74 Å². The fourth-order valence-electron chi connectivity index (χ4n) is 3.69. The lowest BCUT2D eigenvalue weighted by Crippen LogP contribution is -2.64. The number of epoxide rings is 1. The highest BCUT2D eigenvalue weighted by Gasteiger charge is 2.45. The van der Waals surface area contributed by atoms with Crippen LogP contribution in [0.25, 0.3) is 0 Å². The van der Waals surface area contributed by atoms with Gasteiger partial charge in [0, 0.05) is 12.1 Å².